The van der Waals surface area contributed by atoms with Crippen molar-refractivity contribution in [3.63, 3.8) is 0 Å². The average Bonchev–Trinajstić information content (AvgIpc) is 3.15. The molecule has 0 amide bonds. The monoisotopic (exact) mass is 706 g/mol. The summed E-state index contributed by atoms with van der Waals surface area (Å²) in [6.07, 6.45) is 5.07. The molecule has 52 heavy (non-hydrogen) atoms. The molecule has 1 N–H and O–H groups in total. The fraction of sp³-hybridized carbons (Fsp3) is 0.455. The highest BCUT2D eigenvalue weighted by molar-refractivity contribution is 5.97. The topological polar surface area (TPSA) is 74.3 Å². The van der Waals surface area contributed by atoms with E-state index >= 15 is 0 Å². The molecule has 8 heteroatoms. The lowest BCUT2D eigenvalue weighted by Gasteiger charge is -2.39. The molecule has 8 nitrogen and oxygen atoms in total. The van der Waals surface area contributed by atoms with E-state index in [2.05, 4.69) is 112 Å². The van der Waals surface area contributed by atoms with Gasteiger partial charge in [-0.3, -0.25) is 4.90 Å². The highest BCUT2D eigenvalue weighted by Crippen LogP contribution is 2.35. The van der Waals surface area contributed by atoms with Crippen LogP contribution in [0.25, 0.3) is 0 Å². The van der Waals surface area contributed by atoms with E-state index in [0.717, 1.165) is 81.1 Å². The molecule has 0 spiro atoms. The van der Waals surface area contributed by atoms with E-state index < -0.39 is 0 Å². The molecule has 0 aliphatic carbocycles. The summed E-state index contributed by atoms with van der Waals surface area (Å²) in [5.41, 5.74) is 7.46. The largest absolute Gasteiger partial charge is 0.462 e. The standard InChI is InChI=1S/C44H58N4O4/c1-6-7-10-20-39-40(33(2)45-34(3)41(39)44(50)52-32-25-35-21-23-38(24-22-35)46(4)5)43(49)51-31-15-26-47-27-29-48(30-28-47)42(36-16-11-8-12-17-36)37-18-13-9-14-19-37/h8-9,11-14,16-19,21-24,39,42,45H,6-7,10,15,20,25-32H2,1-5H3. The molecule has 0 radical (unpaired) electrons. The maximum Gasteiger partial charge on any atom is 0.336 e. The lowest BCUT2D eigenvalue weighted by Crippen LogP contribution is -2.48. The number of esters is 2. The zero-order valence-corrected chi connectivity index (χ0v) is 31.9. The second-order valence-electron chi connectivity index (χ2n) is 14.3. The van der Waals surface area contributed by atoms with Crippen molar-refractivity contribution < 1.29 is 19.1 Å². The van der Waals surface area contributed by atoms with Gasteiger partial charge in [-0.15, -0.1) is 0 Å². The van der Waals surface area contributed by atoms with Gasteiger partial charge in [0.2, 0.25) is 0 Å². The van der Waals surface area contributed by atoms with Gasteiger partial charge in [-0.2, -0.15) is 0 Å². The van der Waals surface area contributed by atoms with Crippen molar-refractivity contribution in [1.29, 1.82) is 0 Å². The Labute approximate surface area is 311 Å². The number of carbonyl (C=O) groups is 2. The summed E-state index contributed by atoms with van der Waals surface area (Å²) in [6.45, 7) is 11.3. The Morgan fingerprint density at radius 3 is 1.85 bits per heavy atom. The summed E-state index contributed by atoms with van der Waals surface area (Å²) >= 11 is 0. The van der Waals surface area contributed by atoms with Crippen LogP contribution in [0.1, 0.15) is 75.6 Å². The lowest BCUT2D eigenvalue weighted by atomic mass is 9.82. The number of carbonyl (C=O) groups excluding carboxylic acids is 2. The molecule has 3 aromatic rings. The van der Waals surface area contributed by atoms with Gasteiger partial charge in [0, 0.05) is 76.2 Å². The normalized spacial score (nSPS) is 16.9. The van der Waals surface area contributed by atoms with Gasteiger partial charge in [0.1, 0.15) is 0 Å². The molecule has 1 saturated heterocycles. The molecule has 278 valence electrons. The number of ether oxygens (including phenoxy) is 2. The predicted molar refractivity (Wildman–Crippen MR) is 210 cm³/mol. The second kappa shape index (κ2) is 19.4. The summed E-state index contributed by atoms with van der Waals surface area (Å²) in [5.74, 6) is -1.07. The molecule has 0 saturated carbocycles. The van der Waals surface area contributed by atoms with Crippen molar-refractivity contribution in [1.82, 2.24) is 15.1 Å². The van der Waals surface area contributed by atoms with E-state index in [1.165, 1.54) is 11.1 Å². The summed E-state index contributed by atoms with van der Waals surface area (Å²) < 4.78 is 11.8. The van der Waals surface area contributed by atoms with Crippen LogP contribution in [-0.2, 0) is 25.5 Å². The van der Waals surface area contributed by atoms with Gasteiger partial charge in [0.15, 0.2) is 0 Å². The smallest absolute Gasteiger partial charge is 0.336 e. The lowest BCUT2D eigenvalue weighted by molar-refractivity contribution is -0.140. The third-order valence-electron chi connectivity index (χ3n) is 10.3. The molecule has 1 unspecified atom stereocenters. The zero-order valence-electron chi connectivity index (χ0n) is 31.9. The van der Waals surface area contributed by atoms with Crippen molar-refractivity contribution >= 4 is 17.6 Å². The van der Waals surface area contributed by atoms with Gasteiger partial charge >= 0.3 is 11.9 Å². The minimum absolute atomic E-state index is 0.233. The molecule has 0 aromatic heterocycles. The van der Waals surface area contributed by atoms with Gasteiger partial charge in [-0.1, -0.05) is 99.0 Å². The van der Waals surface area contributed by atoms with E-state index in [1.807, 2.05) is 27.9 Å². The summed E-state index contributed by atoms with van der Waals surface area (Å²) in [4.78, 5) is 34.4. The summed E-state index contributed by atoms with van der Waals surface area (Å²) in [7, 11) is 4.03. The molecule has 2 aliphatic heterocycles. The first kappa shape index (κ1) is 38.8. The predicted octanol–water partition coefficient (Wildman–Crippen LogP) is 7.53. The highest BCUT2D eigenvalue weighted by Gasteiger charge is 2.36. The van der Waals surface area contributed by atoms with Crippen LogP contribution < -0.4 is 10.2 Å². The second-order valence-corrected chi connectivity index (χ2v) is 14.3. The Morgan fingerprint density at radius 2 is 1.31 bits per heavy atom. The Hall–Kier alpha value is -4.40. The summed E-state index contributed by atoms with van der Waals surface area (Å²) in [6, 6.07) is 30.0. The van der Waals surface area contributed by atoms with Crippen molar-refractivity contribution in [2.24, 2.45) is 5.92 Å². The fourth-order valence-electron chi connectivity index (χ4n) is 7.52. The number of nitrogens with one attached hydrogen (secondary N) is 1. The molecular weight excluding hydrogens is 649 g/mol. The minimum Gasteiger partial charge on any atom is -0.462 e. The fourth-order valence-corrected chi connectivity index (χ4v) is 7.52. The van der Waals surface area contributed by atoms with Crippen molar-refractivity contribution in [2.45, 2.75) is 65.3 Å². The third kappa shape index (κ3) is 10.4. The zero-order chi connectivity index (χ0) is 36.9. The number of nitrogens with zero attached hydrogens (tertiary/aromatic N) is 3. The average molecular weight is 707 g/mol. The van der Waals surface area contributed by atoms with Crippen molar-refractivity contribution in [3.8, 4) is 0 Å². The van der Waals surface area contributed by atoms with Crippen LogP contribution >= 0.6 is 0 Å². The van der Waals surface area contributed by atoms with Crippen LogP contribution in [0.5, 0.6) is 0 Å². The first-order valence-corrected chi connectivity index (χ1v) is 19.1. The number of unbranched alkanes of at least 4 members (excludes halogenated alkanes) is 2. The molecule has 1 atom stereocenters. The highest BCUT2D eigenvalue weighted by atomic mass is 16.5. The molecule has 1 fully saturated rings. The van der Waals surface area contributed by atoms with E-state index in [0.29, 0.717) is 30.6 Å². The number of piperazine rings is 1. The third-order valence-corrected chi connectivity index (χ3v) is 10.3. The van der Waals surface area contributed by atoms with Gasteiger partial charge in [0.25, 0.3) is 0 Å². The number of rotatable bonds is 17. The number of benzene rings is 3. The van der Waals surface area contributed by atoms with Gasteiger partial charge in [-0.05, 0) is 55.5 Å². The van der Waals surface area contributed by atoms with Crippen LogP contribution in [-0.4, -0.2) is 81.8 Å². The van der Waals surface area contributed by atoms with Crippen LogP contribution in [0.4, 0.5) is 5.69 Å². The molecule has 0 bridgehead atoms. The summed E-state index contributed by atoms with van der Waals surface area (Å²) in [5, 5.41) is 3.31. The number of allylic oxidation sites excluding steroid dienone is 2. The molecular formula is C44H58N4O4. The van der Waals surface area contributed by atoms with E-state index in [9.17, 15) is 9.59 Å². The van der Waals surface area contributed by atoms with Crippen LogP contribution in [0.15, 0.2) is 107 Å². The Kier molecular flexibility index (Phi) is 14.5. The number of dihydropyridines is 1. The number of anilines is 1. The van der Waals surface area contributed by atoms with E-state index in [4.69, 9.17) is 9.47 Å². The number of hydrogen-bond acceptors (Lipinski definition) is 8. The van der Waals surface area contributed by atoms with Gasteiger partial charge in [0.05, 0.1) is 30.4 Å². The minimum atomic E-state index is -0.366. The quantitative estimate of drug-likeness (QED) is 0.114. The van der Waals surface area contributed by atoms with Crippen molar-refractivity contribution in [3.05, 3.63) is 124 Å². The van der Waals surface area contributed by atoms with Gasteiger partial charge in [-0.25, -0.2) is 9.59 Å². The van der Waals surface area contributed by atoms with Crippen molar-refractivity contribution in [2.75, 3.05) is 64.9 Å². The van der Waals surface area contributed by atoms with Crippen LogP contribution in [0.3, 0.4) is 0 Å². The first-order valence-electron chi connectivity index (χ1n) is 19.1. The maximum atomic E-state index is 13.7. The van der Waals surface area contributed by atoms with Gasteiger partial charge < -0.3 is 24.6 Å². The Morgan fingerprint density at radius 1 is 0.750 bits per heavy atom. The molecule has 5 rings (SSSR count). The van der Waals surface area contributed by atoms with Crippen LogP contribution in [0, 0.1) is 5.92 Å². The molecule has 3 aromatic carbocycles. The van der Waals surface area contributed by atoms with Crippen LogP contribution in [0.2, 0.25) is 0 Å². The SMILES string of the molecule is CCCCCC1C(C(=O)OCCCN2CCN(C(c3ccccc3)c3ccccc3)CC2)=C(C)NC(C)=C1C(=O)OCCc1ccc(N(C)C)cc1. The Bertz CT molecular complexity index is 1600. The van der Waals surface area contributed by atoms with E-state index in [1.54, 1.807) is 0 Å². The number of hydrogen-bond donors (Lipinski definition) is 1. The molecule has 2 aliphatic rings. The maximum absolute atomic E-state index is 13.7. The Balaban J connectivity index is 1.13. The van der Waals surface area contributed by atoms with E-state index in [-0.39, 0.29) is 30.5 Å². The first-order chi connectivity index (χ1) is 25.3. The molecule has 2 heterocycles.